The maximum Gasteiger partial charge on any atom is 0.269 e. The van der Waals surface area contributed by atoms with Gasteiger partial charge in [0.2, 0.25) is 0 Å². The van der Waals surface area contributed by atoms with E-state index in [1.807, 2.05) is 19.9 Å². The molecule has 0 unspecified atom stereocenters. The third-order valence-electron chi connectivity index (χ3n) is 2.84. The predicted octanol–water partition coefficient (Wildman–Crippen LogP) is 0.929. The number of aromatic nitrogens is 6. The van der Waals surface area contributed by atoms with E-state index >= 15 is 0 Å². The average Bonchev–Trinajstić information content (AvgIpc) is 2.89. The van der Waals surface area contributed by atoms with Gasteiger partial charge in [-0.25, -0.2) is 9.67 Å². The summed E-state index contributed by atoms with van der Waals surface area (Å²) in [6, 6.07) is 5.46. The predicted molar refractivity (Wildman–Crippen MR) is 68.7 cm³/mol. The zero-order chi connectivity index (χ0) is 13.4. The second-order valence-corrected chi connectivity index (χ2v) is 4.45. The number of tetrazole rings is 1. The molecule has 7 heteroatoms. The van der Waals surface area contributed by atoms with E-state index in [1.54, 1.807) is 23.0 Å². The minimum absolute atomic E-state index is 0.0703. The molecule has 0 radical (unpaired) electrons. The van der Waals surface area contributed by atoms with Gasteiger partial charge in [-0.3, -0.25) is 9.20 Å². The number of rotatable bonds is 2. The third kappa shape index (κ3) is 1.79. The lowest BCUT2D eigenvalue weighted by molar-refractivity contribution is 0.518. The molecule has 7 nitrogen and oxygen atoms in total. The molecule has 3 heterocycles. The summed E-state index contributed by atoms with van der Waals surface area (Å²) in [4.78, 5) is 16.7. The van der Waals surface area contributed by atoms with Crippen LogP contribution >= 0.6 is 0 Å². The van der Waals surface area contributed by atoms with Crippen molar-refractivity contribution < 1.29 is 0 Å². The number of hydrogen-bond acceptors (Lipinski definition) is 5. The van der Waals surface area contributed by atoms with E-state index in [-0.39, 0.29) is 11.6 Å². The number of fused-ring (bicyclic) bond motifs is 1. The highest BCUT2D eigenvalue weighted by Gasteiger charge is 2.16. The summed E-state index contributed by atoms with van der Waals surface area (Å²) in [7, 11) is 0. The maximum absolute atomic E-state index is 12.4. The first-order valence-electron chi connectivity index (χ1n) is 5.93. The van der Waals surface area contributed by atoms with Crippen molar-refractivity contribution in [1.82, 2.24) is 29.6 Å². The van der Waals surface area contributed by atoms with Gasteiger partial charge in [0.05, 0.1) is 6.04 Å². The second-order valence-electron chi connectivity index (χ2n) is 4.45. The first-order valence-corrected chi connectivity index (χ1v) is 5.93. The van der Waals surface area contributed by atoms with Crippen LogP contribution in [0.4, 0.5) is 0 Å². The number of pyridine rings is 1. The van der Waals surface area contributed by atoms with E-state index in [0.29, 0.717) is 17.0 Å². The number of nitrogens with zero attached hydrogens (tertiary/aromatic N) is 6. The van der Waals surface area contributed by atoms with Crippen LogP contribution < -0.4 is 5.56 Å². The molecule has 3 aromatic heterocycles. The summed E-state index contributed by atoms with van der Waals surface area (Å²) in [5.74, 6) is 0.436. The molecular weight excluding hydrogens is 244 g/mol. The molecule has 0 aliphatic rings. The van der Waals surface area contributed by atoms with E-state index in [2.05, 4.69) is 20.5 Å². The van der Waals surface area contributed by atoms with Gasteiger partial charge < -0.3 is 0 Å². The van der Waals surface area contributed by atoms with Crippen molar-refractivity contribution in [3.63, 3.8) is 0 Å². The van der Waals surface area contributed by atoms with Crippen LogP contribution in [0.1, 0.15) is 19.9 Å². The fraction of sp³-hybridized carbons (Fsp3) is 0.250. The molecule has 0 atom stereocenters. The Labute approximate surface area is 108 Å². The molecule has 3 aromatic rings. The molecular formula is C12H12N6O. The summed E-state index contributed by atoms with van der Waals surface area (Å²) in [6.45, 7) is 3.90. The maximum atomic E-state index is 12.4. The van der Waals surface area contributed by atoms with Gasteiger partial charge in [-0.1, -0.05) is 6.07 Å². The lowest BCUT2D eigenvalue weighted by atomic mass is 10.3. The van der Waals surface area contributed by atoms with Crippen LogP contribution in [0.5, 0.6) is 0 Å². The molecule has 0 bridgehead atoms. The monoisotopic (exact) mass is 256 g/mol. The zero-order valence-electron chi connectivity index (χ0n) is 10.6. The lowest BCUT2D eigenvalue weighted by Gasteiger charge is -2.07. The van der Waals surface area contributed by atoms with Crippen molar-refractivity contribution in [3.05, 3.63) is 40.9 Å². The lowest BCUT2D eigenvalue weighted by Crippen LogP contribution is -2.19. The SMILES string of the molecule is CC(C)n1nnnc1-c1cnc2ccccn2c1=O. The minimum Gasteiger partial charge on any atom is -0.268 e. The summed E-state index contributed by atoms with van der Waals surface area (Å²) in [5, 5.41) is 11.4. The highest BCUT2D eigenvalue weighted by molar-refractivity contribution is 5.54. The normalized spacial score (nSPS) is 11.3. The number of hydrogen-bond donors (Lipinski definition) is 0. The molecule has 3 rings (SSSR count). The van der Waals surface area contributed by atoms with E-state index in [1.165, 1.54) is 10.6 Å². The highest BCUT2D eigenvalue weighted by atomic mass is 16.1. The van der Waals surface area contributed by atoms with Crippen LogP contribution in [0, 0.1) is 0 Å². The summed E-state index contributed by atoms with van der Waals surface area (Å²) >= 11 is 0. The second kappa shape index (κ2) is 4.27. The molecule has 19 heavy (non-hydrogen) atoms. The van der Waals surface area contributed by atoms with Gasteiger partial charge in [0.15, 0.2) is 5.82 Å². The molecule has 0 amide bonds. The quantitative estimate of drug-likeness (QED) is 0.681. The van der Waals surface area contributed by atoms with Gasteiger partial charge in [0, 0.05) is 12.4 Å². The van der Waals surface area contributed by atoms with Crippen LogP contribution in [0.2, 0.25) is 0 Å². The Bertz CT molecular complexity index is 788. The van der Waals surface area contributed by atoms with Gasteiger partial charge in [-0.05, 0) is 36.4 Å². The largest absolute Gasteiger partial charge is 0.269 e. The average molecular weight is 256 g/mol. The van der Waals surface area contributed by atoms with Crippen LogP contribution in [0.3, 0.4) is 0 Å². The fourth-order valence-electron chi connectivity index (χ4n) is 1.90. The molecule has 0 fully saturated rings. The zero-order valence-corrected chi connectivity index (χ0v) is 10.6. The van der Waals surface area contributed by atoms with E-state index < -0.39 is 0 Å². The summed E-state index contributed by atoms with van der Waals surface area (Å²) in [6.07, 6.45) is 3.19. The van der Waals surface area contributed by atoms with Crippen LogP contribution in [-0.2, 0) is 0 Å². The van der Waals surface area contributed by atoms with Gasteiger partial charge in [0.1, 0.15) is 11.2 Å². The first-order chi connectivity index (χ1) is 9.18. The summed E-state index contributed by atoms with van der Waals surface area (Å²) in [5.41, 5.74) is 0.810. The van der Waals surface area contributed by atoms with Crippen LogP contribution in [0.15, 0.2) is 35.4 Å². The fourth-order valence-corrected chi connectivity index (χ4v) is 1.90. The van der Waals surface area contributed by atoms with Crippen molar-refractivity contribution >= 4 is 5.65 Å². The van der Waals surface area contributed by atoms with Crippen molar-refractivity contribution in [2.24, 2.45) is 0 Å². The Morgan fingerprint density at radius 1 is 1.26 bits per heavy atom. The molecule has 0 saturated carbocycles. The minimum atomic E-state index is -0.178. The Morgan fingerprint density at radius 2 is 2.11 bits per heavy atom. The molecule has 0 aromatic carbocycles. The van der Waals surface area contributed by atoms with Gasteiger partial charge in [-0.15, -0.1) is 5.10 Å². The molecule has 0 N–H and O–H groups in total. The molecule has 0 aliphatic carbocycles. The Balaban J connectivity index is 2.29. The highest BCUT2D eigenvalue weighted by Crippen LogP contribution is 2.14. The molecule has 0 aliphatic heterocycles. The van der Waals surface area contributed by atoms with Crippen molar-refractivity contribution in [2.75, 3.05) is 0 Å². The van der Waals surface area contributed by atoms with E-state index in [9.17, 15) is 4.79 Å². The topological polar surface area (TPSA) is 78.0 Å². The van der Waals surface area contributed by atoms with Gasteiger partial charge in [-0.2, -0.15) is 0 Å². The third-order valence-corrected chi connectivity index (χ3v) is 2.84. The first kappa shape index (κ1) is 11.5. The summed E-state index contributed by atoms with van der Waals surface area (Å²) < 4.78 is 3.09. The Hall–Kier alpha value is -2.57. The van der Waals surface area contributed by atoms with Gasteiger partial charge >= 0.3 is 0 Å². The van der Waals surface area contributed by atoms with Crippen molar-refractivity contribution in [1.29, 1.82) is 0 Å². The smallest absolute Gasteiger partial charge is 0.268 e. The Morgan fingerprint density at radius 3 is 2.89 bits per heavy atom. The van der Waals surface area contributed by atoms with Gasteiger partial charge in [0.25, 0.3) is 5.56 Å². The molecule has 0 saturated heterocycles. The standard InChI is InChI=1S/C12H12N6O/c1-8(2)18-11(14-15-16-18)9-7-13-10-5-3-4-6-17(10)12(9)19/h3-8H,1-2H3. The van der Waals surface area contributed by atoms with E-state index in [0.717, 1.165) is 0 Å². The Kier molecular flexibility index (Phi) is 2.59. The van der Waals surface area contributed by atoms with Crippen molar-refractivity contribution in [3.8, 4) is 11.4 Å². The molecule has 96 valence electrons. The molecule has 0 spiro atoms. The van der Waals surface area contributed by atoms with Crippen molar-refractivity contribution in [2.45, 2.75) is 19.9 Å². The van der Waals surface area contributed by atoms with Crippen LogP contribution in [-0.4, -0.2) is 29.6 Å². The van der Waals surface area contributed by atoms with Crippen LogP contribution in [0.25, 0.3) is 17.0 Å². The van der Waals surface area contributed by atoms with E-state index in [4.69, 9.17) is 0 Å².